The monoisotopic (exact) mass is 337 g/mol. The molecule has 0 aliphatic heterocycles. The number of carbonyl (C=O) groups excluding carboxylic acids is 1. The first-order valence-corrected chi connectivity index (χ1v) is 7.63. The van der Waals surface area contributed by atoms with Gasteiger partial charge in [0.1, 0.15) is 0 Å². The number of carboxylic acid groups (broad SMARTS) is 1. The highest BCUT2D eigenvalue weighted by molar-refractivity contribution is 5.92. The van der Waals surface area contributed by atoms with Gasteiger partial charge in [0.25, 0.3) is 0 Å². The third-order valence-corrected chi connectivity index (χ3v) is 3.43. The van der Waals surface area contributed by atoms with Crippen LogP contribution in [0.2, 0.25) is 0 Å². The molecule has 25 heavy (non-hydrogen) atoms. The molecule has 1 amide bonds. The number of amides is 1. The molecule has 1 aromatic heterocycles. The molecule has 0 saturated carbocycles. The lowest BCUT2D eigenvalue weighted by Crippen LogP contribution is -2.13. The lowest BCUT2D eigenvalue weighted by Gasteiger charge is -2.04. The maximum absolute atomic E-state index is 11.6. The van der Waals surface area contributed by atoms with Crippen LogP contribution in [0.25, 0.3) is 22.9 Å². The normalized spacial score (nSPS) is 10.4. The summed E-state index contributed by atoms with van der Waals surface area (Å²) in [5, 5.41) is 19.3. The van der Waals surface area contributed by atoms with Crippen molar-refractivity contribution in [3.8, 4) is 22.9 Å². The molecule has 0 spiro atoms. The third-order valence-electron chi connectivity index (χ3n) is 3.43. The van der Waals surface area contributed by atoms with Gasteiger partial charge in [0.05, 0.1) is 6.42 Å². The molecule has 0 atom stereocenters. The van der Waals surface area contributed by atoms with Crippen molar-refractivity contribution in [2.75, 3.05) is 5.32 Å². The zero-order valence-corrected chi connectivity index (χ0v) is 13.2. The Morgan fingerprint density at radius 2 is 1.48 bits per heavy atom. The molecule has 3 rings (SSSR count). The highest BCUT2D eigenvalue weighted by Crippen LogP contribution is 2.24. The number of rotatable bonds is 6. The topological polar surface area (TPSA) is 105 Å². The summed E-state index contributed by atoms with van der Waals surface area (Å²) >= 11 is 0. The van der Waals surface area contributed by atoms with Gasteiger partial charge in [-0.05, 0) is 36.4 Å². The summed E-state index contributed by atoms with van der Waals surface area (Å²) in [4.78, 5) is 22.1. The average Bonchev–Trinajstić information content (AvgIpc) is 3.11. The number of aromatic nitrogens is 2. The molecule has 2 aromatic carbocycles. The number of carboxylic acids is 1. The van der Waals surface area contributed by atoms with Gasteiger partial charge in [0, 0.05) is 23.2 Å². The number of nitrogens with zero attached hydrogens (tertiary/aromatic N) is 2. The van der Waals surface area contributed by atoms with Gasteiger partial charge in [-0.15, -0.1) is 10.2 Å². The minimum absolute atomic E-state index is 0.0683. The van der Waals surface area contributed by atoms with Crippen LogP contribution in [-0.2, 0) is 9.59 Å². The average molecular weight is 337 g/mol. The minimum atomic E-state index is -1.00. The Morgan fingerprint density at radius 1 is 0.880 bits per heavy atom. The van der Waals surface area contributed by atoms with E-state index < -0.39 is 5.97 Å². The summed E-state index contributed by atoms with van der Waals surface area (Å²) in [5.41, 5.74) is 2.13. The molecule has 7 heteroatoms. The maximum Gasteiger partial charge on any atom is 0.303 e. The van der Waals surface area contributed by atoms with E-state index in [1.807, 2.05) is 30.3 Å². The zero-order chi connectivity index (χ0) is 17.6. The first kappa shape index (κ1) is 16.4. The molecule has 3 aromatic rings. The van der Waals surface area contributed by atoms with Crippen LogP contribution in [0.3, 0.4) is 0 Å². The maximum atomic E-state index is 11.6. The lowest BCUT2D eigenvalue weighted by atomic mass is 10.2. The SMILES string of the molecule is O=C(O)CCC(=O)Nc1ccc(-c2nnc(-c3ccccc3)o2)cc1. The van der Waals surface area contributed by atoms with Crippen molar-refractivity contribution >= 4 is 17.6 Å². The largest absolute Gasteiger partial charge is 0.481 e. The Labute approximate surface area is 143 Å². The number of nitrogens with one attached hydrogen (secondary N) is 1. The van der Waals surface area contributed by atoms with Gasteiger partial charge in [0.2, 0.25) is 17.7 Å². The molecule has 0 aliphatic carbocycles. The molecule has 126 valence electrons. The number of carbonyl (C=O) groups is 2. The number of anilines is 1. The lowest BCUT2D eigenvalue weighted by molar-refractivity contribution is -0.138. The van der Waals surface area contributed by atoms with Gasteiger partial charge >= 0.3 is 5.97 Å². The van der Waals surface area contributed by atoms with Gasteiger partial charge in [0.15, 0.2) is 0 Å². The van der Waals surface area contributed by atoms with Crippen molar-refractivity contribution in [2.24, 2.45) is 0 Å². The fourth-order valence-corrected chi connectivity index (χ4v) is 2.18. The van der Waals surface area contributed by atoms with E-state index in [1.54, 1.807) is 24.3 Å². The van der Waals surface area contributed by atoms with E-state index in [1.165, 1.54) is 0 Å². The van der Waals surface area contributed by atoms with E-state index in [9.17, 15) is 9.59 Å². The van der Waals surface area contributed by atoms with Crippen LogP contribution < -0.4 is 5.32 Å². The number of benzene rings is 2. The Balaban J connectivity index is 1.67. The minimum Gasteiger partial charge on any atom is -0.481 e. The number of hydrogen-bond donors (Lipinski definition) is 2. The second-order valence-corrected chi connectivity index (χ2v) is 5.30. The number of aliphatic carboxylic acids is 1. The van der Waals surface area contributed by atoms with Crippen LogP contribution in [0.1, 0.15) is 12.8 Å². The third kappa shape index (κ3) is 4.29. The van der Waals surface area contributed by atoms with Crippen LogP contribution >= 0.6 is 0 Å². The van der Waals surface area contributed by atoms with E-state index >= 15 is 0 Å². The van der Waals surface area contributed by atoms with Gasteiger partial charge in [-0.25, -0.2) is 0 Å². The molecule has 1 heterocycles. The van der Waals surface area contributed by atoms with E-state index in [4.69, 9.17) is 9.52 Å². The quantitative estimate of drug-likeness (QED) is 0.715. The van der Waals surface area contributed by atoms with Gasteiger partial charge in [-0.2, -0.15) is 0 Å². The molecule has 0 aliphatic rings. The summed E-state index contributed by atoms with van der Waals surface area (Å²) in [5.74, 6) is -0.542. The van der Waals surface area contributed by atoms with Crippen LogP contribution in [0.5, 0.6) is 0 Å². The summed E-state index contributed by atoms with van der Waals surface area (Å²) in [6.45, 7) is 0. The van der Waals surface area contributed by atoms with Crippen molar-refractivity contribution in [2.45, 2.75) is 12.8 Å². The summed E-state index contributed by atoms with van der Waals surface area (Å²) in [7, 11) is 0. The van der Waals surface area contributed by atoms with E-state index in [2.05, 4.69) is 15.5 Å². The zero-order valence-electron chi connectivity index (χ0n) is 13.2. The first-order valence-electron chi connectivity index (χ1n) is 7.63. The predicted molar refractivity (Wildman–Crippen MR) is 90.7 cm³/mol. The van der Waals surface area contributed by atoms with E-state index in [-0.39, 0.29) is 18.7 Å². The predicted octanol–water partition coefficient (Wildman–Crippen LogP) is 3.21. The second-order valence-electron chi connectivity index (χ2n) is 5.30. The van der Waals surface area contributed by atoms with Crippen LogP contribution in [0.4, 0.5) is 5.69 Å². The Hall–Kier alpha value is -3.48. The van der Waals surface area contributed by atoms with E-state index in [0.717, 1.165) is 11.1 Å². The summed E-state index contributed by atoms with van der Waals surface area (Å²) in [6, 6.07) is 16.3. The molecule has 0 saturated heterocycles. The van der Waals surface area contributed by atoms with Gasteiger partial charge < -0.3 is 14.8 Å². The fourth-order valence-electron chi connectivity index (χ4n) is 2.18. The second kappa shape index (κ2) is 7.39. The Morgan fingerprint density at radius 3 is 2.08 bits per heavy atom. The molecular weight excluding hydrogens is 322 g/mol. The van der Waals surface area contributed by atoms with Crippen LogP contribution in [0.15, 0.2) is 59.0 Å². The molecule has 0 bridgehead atoms. The standard InChI is InChI=1S/C18H15N3O4/c22-15(10-11-16(23)24)19-14-8-6-13(7-9-14)18-21-20-17(25-18)12-4-2-1-3-5-12/h1-9H,10-11H2,(H,19,22)(H,23,24). The highest BCUT2D eigenvalue weighted by atomic mass is 16.4. The van der Waals surface area contributed by atoms with Crippen molar-refractivity contribution in [3.05, 3.63) is 54.6 Å². The molecule has 2 N–H and O–H groups in total. The van der Waals surface area contributed by atoms with Gasteiger partial charge in [-0.1, -0.05) is 18.2 Å². The Kier molecular flexibility index (Phi) is 4.84. The molecular formula is C18H15N3O4. The highest BCUT2D eigenvalue weighted by Gasteiger charge is 2.11. The molecule has 0 unspecified atom stereocenters. The first-order chi connectivity index (χ1) is 12.1. The molecule has 0 radical (unpaired) electrons. The van der Waals surface area contributed by atoms with Gasteiger partial charge in [-0.3, -0.25) is 9.59 Å². The number of hydrogen-bond acceptors (Lipinski definition) is 5. The van der Waals surface area contributed by atoms with Crippen molar-refractivity contribution in [1.82, 2.24) is 10.2 Å². The van der Waals surface area contributed by atoms with Crippen LogP contribution in [-0.4, -0.2) is 27.2 Å². The van der Waals surface area contributed by atoms with Crippen molar-refractivity contribution in [3.63, 3.8) is 0 Å². The fraction of sp³-hybridized carbons (Fsp3) is 0.111. The smallest absolute Gasteiger partial charge is 0.303 e. The summed E-state index contributed by atoms with van der Waals surface area (Å²) < 4.78 is 5.67. The molecule has 0 fully saturated rings. The van der Waals surface area contributed by atoms with Crippen molar-refractivity contribution < 1.29 is 19.1 Å². The molecule has 7 nitrogen and oxygen atoms in total. The summed E-state index contributed by atoms with van der Waals surface area (Å²) in [6.07, 6.45) is -0.269. The van der Waals surface area contributed by atoms with Crippen LogP contribution in [0, 0.1) is 0 Å². The van der Waals surface area contributed by atoms with Crippen molar-refractivity contribution in [1.29, 1.82) is 0 Å². The van der Waals surface area contributed by atoms with E-state index in [0.29, 0.717) is 17.5 Å². The Bertz CT molecular complexity index is 873.